The molecule has 0 radical (unpaired) electrons. The van der Waals surface area contributed by atoms with Gasteiger partial charge >= 0.3 is 0 Å². The molecule has 0 amide bonds. The highest BCUT2D eigenvalue weighted by atomic mass is 19.1. The quantitative estimate of drug-likeness (QED) is 0.644. The Morgan fingerprint density at radius 3 is 2.44 bits per heavy atom. The second-order valence-corrected chi connectivity index (χ2v) is 6.87. The number of hydrogen-bond acceptors (Lipinski definition) is 4. The van der Waals surface area contributed by atoms with Crippen LogP contribution in [0.5, 0.6) is 0 Å². The van der Waals surface area contributed by atoms with Gasteiger partial charge in [0.2, 0.25) is 0 Å². The Hall–Kier alpha value is -2.54. The van der Waals surface area contributed by atoms with Gasteiger partial charge in [-0.3, -0.25) is 9.89 Å². The number of halogens is 1. The molecule has 1 atom stereocenters. The minimum absolute atomic E-state index is 0.136. The summed E-state index contributed by atoms with van der Waals surface area (Å²) in [7, 11) is 5.89. The van der Waals surface area contributed by atoms with Gasteiger partial charge in [0.1, 0.15) is 11.6 Å². The second kappa shape index (κ2) is 8.90. The molecule has 2 heterocycles. The zero-order chi connectivity index (χ0) is 19.2. The molecule has 0 bridgehead atoms. The van der Waals surface area contributed by atoms with Crippen LogP contribution in [-0.4, -0.2) is 69.6 Å². The summed E-state index contributed by atoms with van der Waals surface area (Å²) < 4.78 is 18.7. The summed E-state index contributed by atoms with van der Waals surface area (Å²) in [5.41, 5.74) is 1.06. The van der Waals surface area contributed by atoms with Gasteiger partial charge in [0, 0.05) is 45.5 Å². The summed E-state index contributed by atoms with van der Waals surface area (Å²) in [4.78, 5) is 11.1. The molecule has 0 aliphatic carbocycles. The molecular weight excluding hydrogens is 345 g/mol. The third-order valence-corrected chi connectivity index (χ3v) is 4.93. The predicted molar refractivity (Wildman–Crippen MR) is 107 cm³/mol. The Morgan fingerprint density at radius 1 is 1.19 bits per heavy atom. The number of aliphatic imine (C=N–C) groups is 1. The van der Waals surface area contributed by atoms with Crippen LogP contribution in [-0.2, 0) is 0 Å². The van der Waals surface area contributed by atoms with E-state index in [0.29, 0.717) is 6.54 Å². The molecule has 2 aromatic rings. The minimum atomic E-state index is -0.200. The number of benzene rings is 1. The lowest BCUT2D eigenvalue weighted by Gasteiger charge is -2.38. The maximum Gasteiger partial charge on any atom is 0.193 e. The minimum Gasteiger partial charge on any atom is -0.468 e. The first-order valence-electron chi connectivity index (χ1n) is 9.24. The number of likely N-dealkylation sites (N-methyl/N-ethyl adjacent to an activating group) is 1. The van der Waals surface area contributed by atoms with Gasteiger partial charge in [-0.2, -0.15) is 0 Å². The lowest BCUT2D eigenvalue weighted by Crippen LogP contribution is -2.53. The molecule has 0 spiro atoms. The standard InChI is InChI=1S/C20H28FN5O/c1-22-20(23-15-18(24(2)3)19-5-4-14-27-19)26-12-10-25(11-13-26)17-8-6-16(21)7-9-17/h4-9,14,18H,10-13,15H2,1-3H3,(H,22,23). The molecular formula is C20H28FN5O. The van der Waals surface area contributed by atoms with Crippen molar-refractivity contribution < 1.29 is 8.81 Å². The first-order chi connectivity index (χ1) is 13.1. The van der Waals surface area contributed by atoms with Crippen LogP contribution in [0.3, 0.4) is 0 Å². The molecule has 1 N–H and O–H groups in total. The number of nitrogens with zero attached hydrogens (tertiary/aromatic N) is 4. The van der Waals surface area contributed by atoms with Gasteiger partial charge < -0.3 is 19.5 Å². The molecule has 1 saturated heterocycles. The van der Waals surface area contributed by atoms with E-state index in [2.05, 4.69) is 25.0 Å². The summed E-state index contributed by atoms with van der Waals surface area (Å²) in [6.45, 7) is 4.20. The van der Waals surface area contributed by atoms with Crippen LogP contribution in [0, 0.1) is 5.82 Å². The normalized spacial score (nSPS) is 16.7. The zero-order valence-corrected chi connectivity index (χ0v) is 16.2. The Kier molecular flexibility index (Phi) is 6.34. The molecule has 27 heavy (non-hydrogen) atoms. The Labute approximate surface area is 160 Å². The maximum absolute atomic E-state index is 13.1. The third kappa shape index (κ3) is 4.80. The maximum atomic E-state index is 13.1. The highest BCUT2D eigenvalue weighted by Gasteiger charge is 2.22. The van der Waals surface area contributed by atoms with Crippen molar-refractivity contribution in [2.45, 2.75) is 6.04 Å². The van der Waals surface area contributed by atoms with Gasteiger partial charge in [-0.05, 0) is 50.5 Å². The average molecular weight is 373 g/mol. The molecule has 3 rings (SSSR count). The molecule has 1 aliphatic heterocycles. The lowest BCUT2D eigenvalue weighted by atomic mass is 10.2. The molecule has 1 aliphatic rings. The fourth-order valence-corrected chi connectivity index (χ4v) is 3.37. The van der Waals surface area contributed by atoms with Gasteiger partial charge in [-0.1, -0.05) is 0 Å². The van der Waals surface area contributed by atoms with Crippen molar-refractivity contribution in [3.8, 4) is 0 Å². The highest BCUT2D eigenvalue weighted by Crippen LogP contribution is 2.19. The Morgan fingerprint density at radius 2 is 1.89 bits per heavy atom. The number of nitrogens with one attached hydrogen (secondary N) is 1. The summed E-state index contributed by atoms with van der Waals surface area (Å²) in [6, 6.07) is 10.7. The van der Waals surface area contributed by atoms with E-state index < -0.39 is 0 Å². The van der Waals surface area contributed by atoms with Crippen LogP contribution in [0.25, 0.3) is 0 Å². The average Bonchev–Trinajstić information content (AvgIpc) is 3.20. The molecule has 1 unspecified atom stereocenters. The summed E-state index contributed by atoms with van der Waals surface area (Å²) >= 11 is 0. The fourth-order valence-electron chi connectivity index (χ4n) is 3.37. The van der Waals surface area contributed by atoms with Crippen molar-refractivity contribution >= 4 is 11.6 Å². The second-order valence-electron chi connectivity index (χ2n) is 6.87. The highest BCUT2D eigenvalue weighted by molar-refractivity contribution is 5.80. The van der Waals surface area contributed by atoms with Crippen LogP contribution in [0.4, 0.5) is 10.1 Å². The molecule has 6 nitrogen and oxygen atoms in total. The largest absolute Gasteiger partial charge is 0.468 e. The van der Waals surface area contributed by atoms with E-state index in [1.54, 1.807) is 6.26 Å². The number of guanidine groups is 1. The molecule has 146 valence electrons. The van der Waals surface area contributed by atoms with Crippen molar-refractivity contribution in [2.24, 2.45) is 4.99 Å². The third-order valence-electron chi connectivity index (χ3n) is 4.93. The van der Waals surface area contributed by atoms with Crippen molar-refractivity contribution in [1.82, 2.24) is 15.1 Å². The van der Waals surface area contributed by atoms with Gasteiger partial charge in [0.25, 0.3) is 0 Å². The number of furan rings is 1. The summed E-state index contributed by atoms with van der Waals surface area (Å²) in [5.74, 6) is 1.63. The molecule has 0 saturated carbocycles. The first-order valence-corrected chi connectivity index (χ1v) is 9.24. The van der Waals surface area contributed by atoms with Gasteiger partial charge in [0.15, 0.2) is 5.96 Å². The fraction of sp³-hybridized carbons (Fsp3) is 0.450. The van der Waals surface area contributed by atoms with Crippen molar-refractivity contribution in [1.29, 1.82) is 0 Å². The van der Waals surface area contributed by atoms with E-state index in [-0.39, 0.29) is 11.9 Å². The van der Waals surface area contributed by atoms with Gasteiger partial charge in [-0.15, -0.1) is 0 Å². The Balaban J connectivity index is 1.55. The van der Waals surface area contributed by atoms with E-state index >= 15 is 0 Å². The SMILES string of the molecule is CN=C(NCC(c1ccco1)N(C)C)N1CCN(c2ccc(F)cc2)CC1. The monoisotopic (exact) mass is 373 g/mol. The van der Waals surface area contributed by atoms with Crippen LogP contribution >= 0.6 is 0 Å². The van der Waals surface area contributed by atoms with Gasteiger partial charge in [-0.25, -0.2) is 4.39 Å². The topological polar surface area (TPSA) is 47.3 Å². The van der Waals surface area contributed by atoms with Crippen molar-refractivity contribution in [3.05, 3.63) is 54.2 Å². The van der Waals surface area contributed by atoms with E-state index in [0.717, 1.165) is 43.6 Å². The van der Waals surface area contributed by atoms with Gasteiger partial charge in [0.05, 0.1) is 12.3 Å². The zero-order valence-electron chi connectivity index (χ0n) is 16.2. The number of rotatable bonds is 5. The molecule has 1 aromatic carbocycles. The molecule has 1 aromatic heterocycles. The predicted octanol–water partition coefficient (Wildman–Crippen LogP) is 2.42. The Bertz CT molecular complexity index is 721. The first kappa shape index (κ1) is 19.2. The summed E-state index contributed by atoms with van der Waals surface area (Å²) in [5, 5.41) is 3.48. The smallest absolute Gasteiger partial charge is 0.193 e. The number of piperazine rings is 1. The van der Waals surface area contributed by atoms with Crippen LogP contribution in [0.15, 0.2) is 52.1 Å². The molecule has 1 fully saturated rings. The lowest BCUT2D eigenvalue weighted by molar-refractivity contribution is 0.255. The van der Waals surface area contributed by atoms with Crippen molar-refractivity contribution in [3.63, 3.8) is 0 Å². The van der Waals surface area contributed by atoms with E-state index in [9.17, 15) is 4.39 Å². The van der Waals surface area contributed by atoms with Crippen molar-refractivity contribution in [2.75, 3.05) is 58.8 Å². The van der Waals surface area contributed by atoms with Crippen LogP contribution in [0.1, 0.15) is 11.8 Å². The number of anilines is 1. The van der Waals surface area contributed by atoms with E-state index in [1.807, 2.05) is 45.4 Å². The number of hydrogen-bond donors (Lipinski definition) is 1. The summed E-state index contributed by atoms with van der Waals surface area (Å²) in [6.07, 6.45) is 1.70. The van der Waals surface area contributed by atoms with Crippen LogP contribution in [0.2, 0.25) is 0 Å². The molecule has 7 heteroatoms. The van der Waals surface area contributed by atoms with E-state index in [4.69, 9.17) is 4.42 Å². The van der Waals surface area contributed by atoms with Crippen LogP contribution < -0.4 is 10.2 Å². The van der Waals surface area contributed by atoms with E-state index in [1.165, 1.54) is 12.1 Å².